The topological polar surface area (TPSA) is 121 Å². The number of phenolic OH excluding ortho intramolecular Hbond substituents is 1. The average Bonchev–Trinajstić information content (AvgIpc) is 3.31. The molecule has 2 saturated heterocycles. The fraction of sp³-hybridized carbons (Fsp3) is 0.367. The second-order valence-corrected chi connectivity index (χ2v) is 12.7. The Labute approximate surface area is 259 Å². The number of allylic oxidation sites excluding steroid dienone is 2. The third-order valence-corrected chi connectivity index (χ3v) is 11.0. The number of hydrogen-bond acceptors (Lipinski definition) is 7. The molecule has 9 nitrogen and oxygen atoms in total. The normalized spacial score (nSPS) is 32.0. The summed E-state index contributed by atoms with van der Waals surface area (Å²) in [6.07, 6.45) is 1.77. The molecule has 4 aliphatic rings. The standard InChI is InChI=1S/C30H25BrCl2N2O7/c1-14(36)15-6-8-16(9-7-15)35-25(38)18-11-10-17-19(22(18)26(35)39)12-29(32)27(40)34(13-31)28(41)30(29,33)24(17)23-20(37)4-3-5-21(23)42-2/h3-10,18-19,22,24,37H,11-13H2,1-2H3. The number of benzene rings is 2. The van der Waals surface area contributed by atoms with Crippen LogP contribution in [0.4, 0.5) is 5.69 Å². The fourth-order valence-electron chi connectivity index (χ4n) is 7.17. The third kappa shape index (κ3) is 3.64. The van der Waals surface area contributed by atoms with Gasteiger partial charge in [-0.2, -0.15) is 0 Å². The maximum absolute atomic E-state index is 14.1. The van der Waals surface area contributed by atoms with Gasteiger partial charge >= 0.3 is 0 Å². The predicted octanol–water partition coefficient (Wildman–Crippen LogP) is 4.52. The second-order valence-electron chi connectivity index (χ2n) is 11.0. The van der Waals surface area contributed by atoms with Crippen LogP contribution in [-0.2, 0) is 19.2 Å². The van der Waals surface area contributed by atoms with Crippen molar-refractivity contribution >= 4 is 74.2 Å². The molecule has 0 aromatic heterocycles. The van der Waals surface area contributed by atoms with E-state index in [4.69, 9.17) is 27.9 Å². The Balaban J connectivity index is 1.52. The van der Waals surface area contributed by atoms with Crippen molar-refractivity contribution in [1.82, 2.24) is 4.90 Å². The molecule has 1 saturated carbocycles. The van der Waals surface area contributed by atoms with Gasteiger partial charge in [0, 0.05) is 17.0 Å². The highest BCUT2D eigenvalue weighted by atomic mass is 79.9. The van der Waals surface area contributed by atoms with E-state index in [0.29, 0.717) is 16.8 Å². The molecule has 2 heterocycles. The summed E-state index contributed by atoms with van der Waals surface area (Å²) in [6.45, 7) is 1.42. The van der Waals surface area contributed by atoms with E-state index >= 15 is 0 Å². The molecule has 2 aromatic carbocycles. The number of alkyl halides is 3. The number of anilines is 1. The number of rotatable bonds is 5. The summed E-state index contributed by atoms with van der Waals surface area (Å²) in [5, 5.41) is 11.1. The van der Waals surface area contributed by atoms with Crippen molar-refractivity contribution in [3.8, 4) is 11.5 Å². The highest BCUT2D eigenvalue weighted by Gasteiger charge is 2.76. The summed E-state index contributed by atoms with van der Waals surface area (Å²) in [4.78, 5) is 65.2. The number of imide groups is 2. The quantitative estimate of drug-likeness (QED) is 0.163. The summed E-state index contributed by atoms with van der Waals surface area (Å²) >= 11 is 17.6. The summed E-state index contributed by atoms with van der Waals surface area (Å²) in [5.74, 6) is -6.05. The van der Waals surface area contributed by atoms with Gasteiger partial charge in [0.05, 0.1) is 30.1 Å². The van der Waals surface area contributed by atoms with Gasteiger partial charge in [-0.15, -0.1) is 23.2 Å². The van der Waals surface area contributed by atoms with Crippen LogP contribution in [0.1, 0.15) is 41.6 Å². The molecule has 42 heavy (non-hydrogen) atoms. The molecule has 6 rings (SSSR count). The molecule has 4 amide bonds. The highest BCUT2D eigenvalue weighted by molar-refractivity contribution is 9.09. The van der Waals surface area contributed by atoms with Gasteiger partial charge in [0.1, 0.15) is 11.5 Å². The maximum atomic E-state index is 14.1. The van der Waals surface area contributed by atoms with Crippen molar-refractivity contribution in [2.24, 2.45) is 17.8 Å². The molecule has 2 aliphatic carbocycles. The first-order chi connectivity index (χ1) is 19.9. The van der Waals surface area contributed by atoms with E-state index in [1.165, 1.54) is 20.1 Å². The third-order valence-electron chi connectivity index (χ3n) is 9.10. The monoisotopic (exact) mass is 674 g/mol. The van der Waals surface area contributed by atoms with E-state index < -0.39 is 57.0 Å². The Morgan fingerprint density at radius 2 is 1.74 bits per heavy atom. The van der Waals surface area contributed by atoms with Crippen LogP contribution in [0.25, 0.3) is 0 Å². The zero-order valence-electron chi connectivity index (χ0n) is 22.5. The van der Waals surface area contributed by atoms with Crippen LogP contribution in [0.2, 0.25) is 0 Å². The zero-order chi connectivity index (χ0) is 30.3. The molecular weight excluding hydrogens is 651 g/mol. The molecule has 0 bridgehead atoms. The number of ketones is 1. The van der Waals surface area contributed by atoms with Crippen molar-refractivity contribution in [1.29, 1.82) is 0 Å². The van der Waals surface area contributed by atoms with E-state index in [9.17, 15) is 29.1 Å². The SMILES string of the molecule is COc1cccc(O)c1C1C2=CCC3C(=O)N(c4ccc(C(C)=O)cc4)C(=O)C3C2CC2(Cl)C(=O)N(CBr)C(=O)C12Cl. The van der Waals surface area contributed by atoms with E-state index in [2.05, 4.69) is 15.9 Å². The lowest BCUT2D eigenvalue weighted by atomic mass is 9.56. The largest absolute Gasteiger partial charge is 0.508 e. The van der Waals surface area contributed by atoms with Crippen molar-refractivity contribution in [3.05, 3.63) is 65.2 Å². The number of Topliss-reactive ketones (excluding diaryl/α,β-unsaturated/α-hetero) is 1. The Bertz CT molecular complexity index is 1610. The number of phenols is 1. The van der Waals surface area contributed by atoms with Crippen molar-refractivity contribution < 1.29 is 33.8 Å². The van der Waals surface area contributed by atoms with Gasteiger partial charge in [-0.05, 0) is 62.1 Å². The van der Waals surface area contributed by atoms with Crippen LogP contribution in [0.3, 0.4) is 0 Å². The lowest BCUT2D eigenvalue weighted by Gasteiger charge is -2.50. The first kappa shape index (κ1) is 28.9. The van der Waals surface area contributed by atoms with E-state index in [1.807, 2.05) is 0 Å². The molecule has 1 N–H and O–H groups in total. The number of fused-ring (bicyclic) bond motifs is 4. The summed E-state index contributed by atoms with van der Waals surface area (Å²) in [7, 11) is 1.40. The van der Waals surface area contributed by atoms with Crippen molar-refractivity contribution in [2.75, 3.05) is 17.5 Å². The highest BCUT2D eigenvalue weighted by Crippen LogP contribution is 2.67. The van der Waals surface area contributed by atoms with Gasteiger partial charge < -0.3 is 9.84 Å². The van der Waals surface area contributed by atoms with Crippen molar-refractivity contribution in [3.63, 3.8) is 0 Å². The van der Waals surface area contributed by atoms with E-state index in [0.717, 1.165) is 9.80 Å². The van der Waals surface area contributed by atoms with Gasteiger partial charge in [-0.3, -0.25) is 33.8 Å². The average molecular weight is 676 g/mol. The lowest BCUT2D eigenvalue weighted by Crippen LogP contribution is -2.60. The Kier molecular flexibility index (Phi) is 6.83. The maximum Gasteiger partial charge on any atom is 0.254 e. The Hall–Kier alpha value is -3.21. The molecule has 0 radical (unpaired) electrons. The van der Waals surface area contributed by atoms with Gasteiger partial charge in [-0.25, -0.2) is 0 Å². The number of carbonyl (C=O) groups excluding carboxylic acids is 5. The first-order valence-corrected chi connectivity index (χ1v) is 15.1. The van der Waals surface area contributed by atoms with Crippen molar-refractivity contribution in [2.45, 2.75) is 35.4 Å². The van der Waals surface area contributed by atoms with Gasteiger partial charge in [0.2, 0.25) is 11.8 Å². The number of carbonyl (C=O) groups is 5. The minimum atomic E-state index is -2.06. The predicted molar refractivity (Wildman–Crippen MR) is 157 cm³/mol. The minimum Gasteiger partial charge on any atom is -0.508 e. The second kappa shape index (κ2) is 9.92. The fourth-order valence-corrected chi connectivity index (χ4v) is 8.58. The number of ether oxygens (including phenoxy) is 1. The van der Waals surface area contributed by atoms with Crippen LogP contribution < -0.4 is 9.64 Å². The molecular formula is C30H25BrCl2N2O7. The molecule has 3 fully saturated rings. The van der Waals surface area contributed by atoms with E-state index in [1.54, 1.807) is 42.5 Å². The zero-order valence-corrected chi connectivity index (χ0v) is 25.6. The number of amides is 4. The van der Waals surface area contributed by atoms with Gasteiger partial charge in [0.25, 0.3) is 11.8 Å². The van der Waals surface area contributed by atoms with Gasteiger partial charge in [0.15, 0.2) is 15.5 Å². The lowest BCUT2D eigenvalue weighted by molar-refractivity contribution is -0.138. The number of hydrogen-bond donors (Lipinski definition) is 1. The smallest absolute Gasteiger partial charge is 0.254 e. The van der Waals surface area contributed by atoms with Crippen LogP contribution in [0.5, 0.6) is 11.5 Å². The number of nitrogens with zero attached hydrogens (tertiary/aromatic N) is 2. The number of halogens is 3. The van der Waals surface area contributed by atoms with Crippen LogP contribution in [0.15, 0.2) is 54.1 Å². The summed E-state index contributed by atoms with van der Waals surface area (Å²) in [6, 6.07) is 10.8. The molecule has 12 heteroatoms. The first-order valence-electron chi connectivity index (χ1n) is 13.3. The number of methoxy groups -OCH3 is 1. The molecule has 2 aliphatic heterocycles. The molecule has 2 aromatic rings. The summed E-state index contributed by atoms with van der Waals surface area (Å²) < 4.78 is 5.57. The van der Waals surface area contributed by atoms with Gasteiger partial charge in [-0.1, -0.05) is 33.6 Å². The minimum absolute atomic E-state index is 0.152. The molecule has 218 valence electrons. The van der Waals surface area contributed by atoms with Crippen LogP contribution >= 0.6 is 39.1 Å². The molecule has 6 atom stereocenters. The Morgan fingerprint density at radius 3 is 2.36 bits per heavy atom. The molecule has 6 unspecified atom stereocenters. The molecule has 0 spiro atoms. The number of aromatic hydroxyl groups is 1. The van der Waals surface area contributed by atoms with Crippen LogP contribution in [0, 0.1) is 17.8 Å². The summed E-state index contributed by atoms with van der Waals surface area (Å²) in [5.41, 5.74) is 1.31. The van der Waals surface area contributed by atoms with Crippen LogP contribution in [-0.4, -0.2) is 61.7 Å². The Morgan fingerprint density at radius 1 is 1.05 bits per heavy atom. The van der Waals surface area contributed by atoms with E-state index in [-0.39, 0.29) is 41.1 Å². The number of likely N-dealkylation sites (tertiary alicyclic amines) is 1.